The highest BCUT2D eigenvalue weighted by Gasteiger charge is 2.58. The van der Waals surface area contributed by atoms with E-state index in [4.69, 9.17) is 0 Å². The van der Waals surface area contributed by atoms with Gasteiger partial charge < -0.3 is 5.32 Å². The molecule has 4 aliphatic carbocycles. The Morgan fingerprint density at radius 3 is 1.77 bits per heavy atom. The summed E-state index contributed by atoms with van der Waals surface area (Å²) in [5, 5.41) is 3.05. The average Bonchev–Trinajstić information content (AvgIpc) is 2.80. The van der Waals surface area contributed by atoms with E-state index in [1.165, 1.54) is 44.1 Å². The van der Waals surface area contributed by atoms with Crippen LogP contribution in [0.25, 0.3) is 0 Å². The summed E-state index contributed by atoms with van der Waals surface area (Å²) in [5.41, 5.74) is 5.24. The number of rotatable bonds is 4. The number of carbonyl (C=O) groups is 1. The van der Waals surface area contributed by atoms with Crippen LogP contribution >= 0.6 is 0 Å². The van der Waals surface area contributed by atoms with Crippen LogP contribution in [0, 0.1) is 11.8 Å². The van der Waals surface area contributed by atoms with Crippen molar-refractivity contribution in [2.75, 3.05) is 5.32 Å². The summed E-state index contributed by atoms with van der Waals surface area (Å²) in [5.74, 6) is 1.64. The quantitative estimate of drug-likeness (QED) is 0.510. The Hall–Kier alpha value is -2.87. The highest BCUT2D eigenvalue weighted by atomic mass is 16.1. The lowest BCUT2D eigenvalue weighted by molar-refractivity contribution is -0.0281. The van der Waals surface area contributed by atoms with E-state index in [0.717, 1.165) is 17.5 Å². The van der Waals surface area contributed by atoms with Crippen molar-refractivity contribution in [2.45, 2.75) is 49.4 Å². The zero-order valence-electron chi connectivity index (χ0n) is 17.9. The van der Waals surface area contributed by atoms with E-state index in [1.54, 1.807) is 5.56 Å². The molecule has 4 bridgehead atoms. The molecule has 2 unspecified atom stereocenters. The van der Waals surface area contributed by atoms with Gasteiger partial charge in [0.15, 0.2) is 0 Å². The molecule has 0 aromatic heterocycles. The number of amides is 1. The molecule has 0 aliphatic heterocycles. The fraction of sp³-hybridized carbons (Fsp3) is 0.345. The van der Waals surface area contributed by atoms with E-state index in [0.29, 0.717) is 16.4 Å². The van der Waals surface area contributed by atoms with Crippen molar-refractivity contribution < 1.29 is 4.79 Å². The van der Waals surface area contributed by atoms with Gasteiger partial charge >= 0.3 is 0 Å². The summed E-state index contributed by atoms with van der Waals surface area (Å²) in [6.45, 7) is 0. The van der Waals surface area contributed by atoms with Gasteiger partial charge in [-0.15, -0.1) is 0 Å². The maximum Gasteiger partial charge on any atom is 0.255 e. The highest BCUT2D eigenvalue weighted by Crippen LogP contribution is 2.66. The van der Waals surface area contributed by atoms with Gasteiger partial charge in [-0.1, -0.05) is 60.7 Å². The topological polar surface area (TPSA) is 29.1 Å². The summed E-state index contributed by atoms with van der Waals surface area (Å²) in [6, 6.07) is 29.5. The number of anilines is 1. The second-order valence-electron chi connectivity index (χ2n) is 10.3. The third kappa shape index (κ3) is 3.20. The van der Waals surface area contributed by atoms with Gasteiger partial charge in [0.1, 0.15) is 0 Å². The van der Waals surface area contributed by atoms with Crippen LogP contribution in [0.15, 0.2) is 84.9 Å². The van der Waals surface area contributed by atoms with Crippen LogP contribution in [0.2, 0.25) is 0 Å². The molecule has 4 fully saturated rings. The number of hydrogen-bond donors (Lipinski definition) is 1. The first-order valence-corrected chi connectivity index (χ1v) is 11.7. The third-order valence-corrected chi connectivity index (χ3v) is 8.24. The van der Waals surface area contributed by atoms with Gasteiger partial charge in [-0.25, -0.2) is 0 Å². The van der Waals surface area contributed by atoms with Gasteiger partial charge in [0.05, 0.1) is 0 Å². The largest absolute Gasteiger partial charge is 0.322 e. The molecule has 4 saturated carbocycles. The lowest BCUT2D eigenvalue weighted by atomic mass is 9.42. The normalized spacial score (nSPS) is 30.8. The Balaban J connectivity index is 1.28. The Kier molecular flexibility index (Phi) is 4.31. The molecule has 31 heavy (non-hydrogen) atoms. The fourth-order valence-corrected chi connectivity index (χ4v) is 7.43. The van der Waals surface area contributed by atoms with Crippen LogP contribution in [-0.4, -0.2) is 5.91 Å². The molecule has 0 radical (unpaired) electrons. The van der Waals surface area contributed by atoms with Crippen LogP contribution in [0.3, 0.4) is 0 Å². The summed E-state index contributed by atoms with van der Waals surface area (Å²) < 4.78 is 0. The Labute approximate surface area is 184 Å². The Morgan fingerprint density at radius 2 is 1.19 bits per heavy atom. The molecule has 2 heteroatoms. The van der Waals surface area contributed by atoms with Crippen LogP contribution in [-0.2, 0) is 10.8 Å². The molecule has 1 N–H and O–H groups in total. The SMILES string of the molecule is O=C(Nc1ccc(C23CC4CC(CC(c5ccccc5)(C4)C2)C3)cc1)c1ccccc1. The van der Waals surface area contributed by atoms with Crippen molar-refractivity contribution in [2.24, 2.45) is 11.8 Å². The molecule has 3 aromatic rings. The number of hydrogen-bond acceptors (Lipinski definition) is 1. The monoisotopic (exact) mass is 407 g/mol. The van der Waals surface area contributed by atoms with E-state index < -0.39 is 0 Å². The van der Waals surface area contributed by atoms with Crippen molar-refractivity contribution in [3.8, 4) is 0 Å². The molecular formula is C29H29NO. The summed E-state index contributed by atoms with van der Waals surface area (Å²) >= 11 is 0. The van der Waals surface area contributed by atoms with Crippen molar-refractivity contribution in [1.29, 1.82) is 0 Å². The molecular weight excluding hydrogens is 378 g/mol. The lowest BCUT2D eigenvalue weighted by Gasteiger charge is -2.62. The second-order valence-corrected chi connectivity index (χ2v) is 10.3. The smallest absolute Gasteiger partial charge is 0.255 e. The van der Waals surface area contributed by atoms with E-state index in [9.17, 15) is 4.79 Å². The first-order valence-electron chi connectivity index (χ1n) is 11.7. The molecule has 0 saturated heterocycles. The predicted molar refractivity (Wildman–Crippen MR) is 125 cm³/mol. The molecule has 156 valence electrons. The number of benzene rings is 3. The van der Waals surface area contributed by atoms with Crippen LogP contribution in [0.5, 0.6) is 0 Å². The molecule has 0 spiro atoms. The van der Waals surface area contributed by atoms with Crippen molar-refractivity contribution >= 4 is 11.6 Å². The van der Waals surface area contributed by atoms with Crippen LogP contribution in [0.4, 0.5) is 5.69 Å². The number of carbonyl (C=O) groups excluding carboxylic acids is 1. The maximum atomic E-state index is 12.5. The van der Waals surface area contributed by atoms with Crippen molar-refractivity contribution in [3.63, 3.8) is 0 Å². The molecule has 0 heterocycles. The minimum Gasteiger partial charge on any atom is -0.322 e. The lowest BCUT2D eigenvalue weighted by Crippen LogP contribution is -2.55. The van der Waals surface area contributed by atoms with E-state index >= 15 is 0 Å². The number of nitrogens with one attached hydrogen (secondary N) is 1. The zero-order valence-corrected chi connectivity index (χ0v) is 17.9. The molecule has 4 aliphatic rings. The molecule has 1 amide bonds. The van der Waals surface area contributed by atoms with Gasteiger partial charge in [0, 0.05) is 11.3 Å². The van der Waals surface area contributed by atoms with E-state index in [2.05, 4.69) is 59.9 Å². The first kappa shape index (κ1) is 18.9. The van der Waals surface area contributed by atoms with Gasteiger partial charge in [0.2, 0.25) is 0 Å². The Bertz CT molecular complexity index is 1070. The van der Waals surface area contributed by atoms with Gasteiger partial charge in [-0.3, -0.25) is 4.79 Å². The molecule has 7 rings (SSSR count). The van der Waals surface area contributed by atoms with Crippen molar-refractivity contribution in [3.05, 3.63) is 102 Å². The van der Waals surface area contributed by atoms with Crippen LogP contribution in [0.1, 0.15) is 60.0 Å². The minimum atomic E-state index is -0.0498. The summed E-state index contributed by atoms with van der Waals surface area (Å²) in [4.78, 5) is 12.5. The fourth-order valence-electron chi connectivity index (χ4n) is 7.43. The van der Waals surface area contributed by atoms with Gasteiger partial charge in [-0.05, 0) is 96.6 Å². The summed E-state index contributed by atoms with van der Waals surface area (Å²) in [6.07, 6.45) is 8.07. The van der Waals surface area contributed by atoms with Gasteiger partial charge in [0.25, 0.3) is 5.91 Å². The van der Waals surface area contributed by atoms with Gasteiger partial charge in [-0.2, -0.15) is 0 Å². The predicted octanol–water partition coefficient (Wildman–Crippen LogP) is 6.73. The van der Waals surface area contributed by atoms with Crippen molar-refractivity contribution in [1.82, 2.24) is 0 Å². The van der Waals surface area contributed by atoms with Crippen LogP contribution < -0.4 is 5.32 Å². The average molecular weight is 408 g/mol. The molecule has 2 atom stereocenters. The summed E-state index contributed by atoms with van der Waals surface area (Å²) in [7, 11) is 0. The zero-order chi connectivity index (χ0) is 20.9. The molecule has 2 nitrogen and oxygen atoms in total. The maximum absolute atomic E-state index is 12.5. The standard InChI is InChI=1S/C29H29NO/c31-27(23-7-3-1-4-8-23)30-26-13-11-25(12-14-26)29-18-21-15-22(19-29)17-28(16-21,20-29)24-9-5-2-6-10-24/h1-14,21-22H,15-20H2,(H,30,31). The van der Waals surface area contributed by atoms with E-state index in [1.807, 2.05) is 30.3 Å². The Morgan fingerprint density at radius 1 is 0.677 bits per heavy atom. The minimum absolute atomic E-state index is 0.0498. The first-order chi connectivity index (χ1) is 15.1. The third-order valence-electron chi connectivity index (χ3n) is 8.24. The second kappa shape index (κ2) is 7.09. The van der Waals surface area contributed by atoms with E-state index in [-0.39, 0.29) is 5.91 Å². The highest BCUT2D eigenvalue weighted by molar-refractivity contribution is 6.04. The molecule has 3 aromatic carbocycles.